The Balaban J connectivity index is 2.01. The van der Waals surface area contributed by atoms with Gasteiger partial charge in [0.25, 0.3) is 0 Å². The maximum absolute atomic E-state index is 12.3. The normalized spacial score (nSPS) is 11.9. The first-order valence-corrected chi connectivity index (χ1v) is 7.05. The maximum Gasteiger partial charge on any atom is 0.313 e. The molecule has 0 radical (unpaired) electrons. The zero-order valence-corrected chi connectivity index (χ0v) is 12.2. The van der Waals surface area contributed by atoms with Crippen molar-refractivity contribution in [2.45, 2.75) is 18.9 Å². The number of carbonyl (C=O) groups excluding carboxylic acids is 1. The van der Waals surface area contributed by atoms with Crippen LogP contribution >= 0.6 is 0 Å². The molecule has 21 heavy (non-hydrogen) atoms. The zero-order valence-electron chi connectivity index (χ0n) is 12.2. The highest BCUT2D eigenvalue weighted by atomic mass is 16.5. The van der Waals surface area contributed by atoms with Crippen molar-refractivity contribution in [1.29, 1.82) is 0 Å². The summed E-state index contributed by atoms with van der Waals surface area (Å²) in [6.45, 7) is 0.829. The lowest BCUT2D eigenvalue weighted by Gasteiger charge is -2.16. The fourth-order valence-corrected chi connectivity index (χ4v) is 2.17. The van der Waals surface area contributed by atoms with Gasteiger partial charge >= 0.3 is 5.97 Å². The molecule has 0 aliphatic carbocycles. The summed E-state index contributed by atoms with van der Waals surface area (Å²) in [5, 5.41) is 0. The third-order valence-electron chi connectivity index (χ3n) is 3.32. The summed E-state index contributed by atoms with van der Waals surface area (Å²) in [5.74, 6) is -0.489. The molecule has 110 valence electrons. The van der Waals surface area contributed by atoms with Gasteiger partial charge in [-0.3, -0.25) is 4.79 Å². The van der Waals surface area contributed by atoms with Gasteiger partial charge in [0.2, 0.25) is 0 Å². The second kappa shape index (κ2) is 8.22. The molecule has 0 amide bonds. The molecule has 0 aliphatic heterocycles. The van der Waals surface area contributed by atoms with Crippen molar-refractivity contribution in [2.75, 3.05) is 13.7 Å². The van der Waals surface area contributed by atoms with E-state index >= 15 is 0 Å². The highest BCUT2D eigenvalue weighted by molar-refractivity contribution is 5.78. The SMILES string of the molecule is COCCC(C(=O)OCc1ccccc1)c1ccccc1. The Labute approximate surface area is 125 Å². The lowest BCUT2D eigenvalue weighted by atomic mass is 9.96. The average Bonchev–Trinajstić information content (AvgIpc) is 2.55. The van der Waals surface area contributed by atoms with Gasteiger partial charge in [-0.15, -0.1) is 0 Å². The Morgan fingerprint density at radius 3 is 2.24 bits per heavy atom. The van der Waals surface area contributed by atoms with E-state index in [9.17, 15) is 4.79 Å². The van der Waals surface area contributed by atoms with E-state index in [1.54, 1.807) is 7.11 Å². The number of ether oxygens (including phenoxy) is 2. The summed E-state index contributed by atoms with van der Waals surface area (Å²) < 4.78 is 10.5. The monoisotopic (exact) mass is 284 g/mol. The summed E-state index contributed by atoms with van der Waals surface area (Å²) in [4.78, 5) is 12.3. The van der Waals surface area contributed by atoms with Crippen LogP contribution in [0.25, 0.3) is 0 Å². The van der Waals surface area contributed by atoms with Crippen LogP contribution in [-0.2, 0) is 20.9 Å². The summed E-state index contributed by atoms with van der Waals surface area (Å²) in [6, 6.07) is 19.4. The minimum Gasteiger partial charge on any atom is -0.460 e. The fraction of sp³-hybridized carbons (Fsp3) is 0.278. The van der Waals surface area contributed by atoms with Crippen LogP contribution in [0.3, 0.4) is 0 Å². The first-order valence-electron chi connectivity index (χ1n) is 7.05. The Bertz CT molecular complexity index is 537. The largest absolute Gasteiger partial charge is 0.460 e. The maximum atomic E-state index is 12.3. The molecule has 3 nitrogen and oxygen atoms in total. The number of hydrogen-bond acceptors (Lipinski definition) is 3. The standard InChI is InChI=1S/C18H20O3/c1-20-13-12-17(16-10-6-3-7-11-16)18(19)21-14-15-8-4-2-5-9-15/h2-11,17H,12-14H2,1H3. The minimum absolute atomic E-state index is 0.206. The second-order valence-electron chi connectivity index (χ2n) is 4.84. The third-order valence-corrected chi connectivity index (χ3v) is 3.32. The first kappa shape index (κ1) is 15.3. The predicted molar refractivity (Wildman–Crippen MR) is 81.9 cm³/mol. The van der Waals surface area contributed by atoms with Crippen LogP contribution in [0.15, 0.2) is 60.7 Å². The van der Waals surface area contributed by atoms with Crippen LogP contribution in [0, 0.1) is 0 Å². The van der Waals surface area contributed by atoms with E-state index in [1.807, 2.05) is 60.7 Å². The highest BCUT2D eigenvalue weighted by Gasteiger charge is 2.21. The minimum atomic E-state index is -0.283. The van der Waals surface area contributed by atoms with E-state index in [4.69, 9.17) is 9.47 Å². The number of benzene rings is 2. The van der Waals surface area contributed by atoms with Crippen LogP contribution in [0.4, 0.5) is 0 Å². The van der Waals surface area contributed by atoms with Crippen LogP contribution in [0.2, 0.25) is 0 Å². The number of hydrogen-bond donors (Lipinski definition) is 0. The van der Waals surface area contributed by atoms with Gasteiger partial charge in [-0.1, -0.05) is 60.7 Å². The molecule has 2 aromatic rings. The fourth-order valence-electron chi connectivity index (χ4n) is 2.17. The molecule has 0 bridgehead atoms. The smallest absolute Gasteiger partial charge is 0.313 e. The molecule has 2 aromatic carbocycles. The van der Waals surface area contributed by atoms with Crippen molar-refractivity contribution in [3.63, 3.8) is 0 Å². The molecule has 3 heteroatoms. The van der Waals surface area contributed by atoms with E-state index in [0.29, 0.717) is 19.6 Å². The first-order chi connectivity index (χ1) is 10.3. The molecular formula is C18H20O3. The van der Waals surface area contributed by atoms with E-state index in [1.165, 1.54) is 0 Å². The average molecular weight is 284 g/mol. The van der Waals surface area contributed by atoms with Crippen LogP contribution in [0.1, 0.15) is 23.5 Å². The molecule has 0 spiro atoms. The molecule has 1 atom stereocenters. The van der Waals surface area contributed by atoms with Crippen molar-refractivity contribution in [3.8, 4) is 0 Å². The predicted octanol–water partition coefficient (Wildman–Crippen LogP) is 3.55. The summed E-state index contributed by atoms with van der Waals surface area (Å²) >= 11 is 0. The topological polar surface area (TPSA) is 35.5 Å². The summed E-state index contributed by atoms with van der Waals surface area (Å²) in [7, 11) is 1.64. The molecule has 1 unspecified atom stereocenters. The molecule has 0 saturated heterocycles. The second-order valence-corrected chi connectivity index (χ2v) is 4.84. The lowest BCUT2D eigenvalue weighted by Crippen LogP contribution is -2.17. The van der Waals surface area contributed by atoms with E-state index in [-0.39, 0.29) is 11.9 Å². The number of methoxy groups -OCH3 is 1. The quantitative estimate of drug-likeness (QED) is 0.729. The zero-order chi connectivity index (χ0) is 14.9. The highest BCUT2D eigenvalue weighted by Crippen LogP contribution is 2.21. The van der Waals surface area contributed by atoms with E-state index in [2.05, 4.69) is 0 Å². The molecule has 0 fully saturated rings. The van der Waals surface area contributed by atoms with Crippen molar-refractivity contribution < 1.29 is 14.3 Å². The molecule has 0 N–H and O–H groups in total. The Hall–Kier alpha value is -2.13. The Morgan fingerprint density at radius 2 is 1.62 bits per heavy atom. The molecule has 0 aliphatic rings. The van der Waals surface area contributed by atoms with Gasteiger partial charge in [0.15, 0.2) is 0 Å². The van der Waals surface area contributed by atoms with E-state index < -0.39 is 0 Å². The van der Waals surface area contributed by atoms with Gasteiger partial charge in [0, 0.05) is 13.7 Å². The van der Waals surface area contributed by atoms with Gasteiger partial charge in [0.1, 0.15) is 6.61 Å². The molecule has 0 aromatic heterocycles. The number of esters is 1. The molecular weight excluding hydrogens is 264 g/mol. The van der Waals surface area contributed by atoms with Gasteiger partial charge in [-0.2, -0.15) is 0 Å². The number of rotatable bonds is 7. The Morgan fingerprint density at radius 1 is 1.00 bits per heavy atom. The summed E-state index contributed by atoms with van der Waals surface area (Å²) in [5.41, 5.74) is 1.96. The molecule has 0 heterocycles. The molecule has 0 saturated carbocycles. The van der Waals surface area contributed by atoms with Crippen molar-refractivity contribution >= 4 is 5.97 Å². The van der Waals surface area contributed by atoms with Gasteiger partial charge in [0.05, 0.1) is 5.92 Å². The summed E-state index contributed by atoms with van der Waals surface area (Å²) in [6.07, 6.45) is 0.619. The van der Waals surface area contributed by atoms with Gasteiger partial charge < -0.3 is 9.47 Å². The third kappa shape index (κ3) is 4.72. The number of carbonyl (C=O) groups is 1. The van der Waals surface area contributed by atoms with Crippen LogP contribution in [0.5, 0.6) is 0 Å². The van der Waals surface area contributed by atoms with Gasteiger partial charge in [-0.25, -0.2) is 0 Å². The van der Waals surface area contributed by atoms with Crippen LogP contribution < -0.4 is 0 Å². The molecule has 2 rings (SSSR count). The van der Waals surface area contributed by atoms with Crippen LogP contribution in [-0.4, -0.2) is 19.7 Å². The van der Waals surface area contributed by atoms with Crippen molar-refractivity contribution in [2.24, 2.45) is 0 Å². The van der Waals surface area contributed by atoms with Crippen molar-refractivity contribution in [3.05, 3.63) is 71.8 Å². The Kier molecular flexibility index (Phi) is 5.98. The van der Waals surface area contributed by atoms with E-state index in [0.717, 1.165) is 11.1 Å². The lowest BCUT2D eigenvalue weighted by molar-refractivity contribution is -0.147. The van der Waals surface area contributed by atoms with Crippen molar-refractivity contribution in [1.82, 2.24) is 0 Å². The van der Waals surface area contributed by atoms with Gasteiger partial charge in [-0.05, 0) is 17.5 Å².